The van der Waals surface area contributed by atoms with Crippen LogP contribution in [0.2, 0.25) is 0 Å². The smallest absolute Gasteiger partial charge is 0.00420 e. The molecule has 0 aromatic rings. The Morgan fingerprint density at radius 2 is 2.00 bits per heavy atom. The maximum Gasteiger partial charge on any atom is 0.00420 e. The predicted octanol–water partition coefficient (Wildman–Crippen LogP) is 2.75. The Balaban J connectivity index is 3.41. The maximum absolute atomic E-state index is 5.63. The van der Waals surface area contributed by atoms with Crippen LogP contribution in [0.15, 0.2) is 0 Å². The molecule has 0 fully saturated rings. The van der Waals surface area contributed by atoms with Crippen LogP contribution in [0.25, 0.3) is 0 Å². The zero-order chi connectivity index (χ0) is 8.69. The molecule has 2 N–H and O–H groups in total. The summed E-state index contributed by atoms with van der Waals surface area (Å²) in [5.74, 6) is 0.808. The van der Waals surface area contributed by atoms with Crippen molar-refractivity contribution in [1.82, 2.24) is 0 Å². The van der Waals surface area contributed by atoms with Gasteiger partial charge in [-0.1, -0.05) is 39.5 Å². The molecule has 0 saturated carbocycles. The topological polar surface area (TPSA) is 26.0 Å². The molecular weight excluding hydrogens is 134 g/mol. The summed E-state index contributed by atoms with van der Waals surface area (Å²) in [5, 5.41) is 0. The van der Waals surface area contributed by atoms with Gasteiger partial charge in [0.1, 0.15) is 0 Å². The quantitative estimate of drug-likeness (QED) is 0.628. The monoisotopic (exact) mass is 156 g/mol. The van der Waals surface area contributed by atoms with Crippen molar-refractivity contribution in [2.24, 2.45) is 11.7 Å². The first-order valence-electron chi connectivity index (χ1n) is 4.79. The summed E-state index contributed by atoms with van der Waals surface area (Å²) < 4.78 is 0. The molecule has 0 aromatic heterocycles. The standard InChI is InChI=1S/C10H22N/c1-4-6-7-10(5-2)8-9(3)11/h9-10H,3-8,11H2,1-2H3. The van der Waals surface area contributed by atoms with Crippen LogP contribution >= 0.6 is 0 Å². The van der Waals surface area contributed by atoms with E-state index in [9.17, 15) is 0 Å². The van der Waals surface area contributed by atoms with Crippen molar-refractivity contribution < 1.29 is 0 Å². The molecule has 2 unspecified atom stereocenters. The fourth-order valence-electron chi connectivity index (χ4n) is 1.41. The summed E-state index contributed by atoms with van der Waals surface area (Å²) >= 11 is 0. The van der Waals surface area contributed by atoms with Crippen molar-refractivity contribution in [1.29, 1.82) is 0 Å². The molecule has 0 heterocycles. The van der Waals surface area contributed by atoms with Gasteiger partial charge >= 0.3 is 0 Å². The van der Waals surface area contributed by atoms with Gasteiger partial charge in [-0.05, 0) is 19.3 Å². The highest BCUT2D eigenvalue weighted by Crippen LogP contribution is 2.17. The van der Waals surface area contributed by atoms with E-state index < -0.39 is 0 Å². The molecule has 0 saturated heterocycles. The van der Waals surface area contributed by atoms with E-state index in [1.165, 1.54) is 25.7 Å². The summed E-state index contributed by atoms with van der Waals surface area (Å²) in [6, 6.07) is 0.136. The summed E-state index contributed by atoms with van der Waals surface area (Å²) in [6.45, 7) is 8.28. The Hall–Kier alpha value is -0.0400. The molecule has 0 aliphatic heterocycles. The largest absolute Gasteiger partial charge is 0.328 e. The molecular formula is C10H22N. The molecule has 0 bridgehead atoms. The van der Waals surface area contributed by atoms with Gasteiger partial charge < -0.3 is 5.73 Å². The first-order valence-corrected chi connectivity index (χ1v) is 4.79. The molecule has 1 radical (unpaired) electrons. The SMILES string of the molecule is [CH2]C(N)CC(CC)CCCC. The third-order valence-electron chi connectivity index (χ3n) is 2.18. The lowest BCUT2D eigenvalue weighted by atomic mass is 9.93. The molecule has 11 heavy (non-hydrogen) atoms. The van der Waals surface area contributed by atoms with Crippen molar-refractivity contribution >= 4 is 0 Å². The van der Waals surface area contributed by atoms with Gasteiger partial charge in [-0.2, -0.15) is 0 Å². The average molecular weight is 156 g/mol. The fraction of sp³-hybridized carbons (Fsp3) is 0.900. The maximum atomic E-state index is 5.63. The number of rotatable bonds is 6. The molecule has 67 valence electrons. The third-order valence-corrected chi connectivity index (χ3v) is 2.18. The zero-order valence-electron chi connectivity index (χ0n) is 7.97. The average Bonchev–Trinajstić information content (AvgIpc) is 1.97. The normalized spacial score (nSPS) is 16.4. The zero-order valence-corrected chi connectivity index (χ0v) is 7.97. The van der Waals surface area contributed by atoms with E-state index in [0.29, 0.717) is 0 Å². The van der Waals surface area contributed by atoms with E-state index in [1.54, 1.807) is 0 Å². The Kier molecular flexibility index (Phi) is 6.63. The van der Waals surface area contributed by atoms with Crippen molar-refractivity contribution in [3.63, 3.8) is 0 Å². The number of hydrogen-bond donors (Lipinski definition) is 1. The van der Waals surface area contributed by atoms with E-state index in [0.717, 1.165) is 12.3 Å². The van der Waals surface area contributed by atoms with Crippen LogP contribution in [-0.4, -0.2) is 6.04 Å². The number of nitrogens with two attached hydrogens (primary N) is 1. The van der Waals surface area contributed by atoms with Crippen LogP contribution in [0.4, 0.5) is 0 Å². The minimum Gasteiger partial charge on any atom is -0.328 e. The summed E-state index contributed by atoms with van der Waals surface area (Å²) in [7, 11) is 0. The molecule has 1 heteroatoms. The molecule has 0 aliphatic carbocycles. The summed E-state index contributed by atoms with van der Waals surface area (Å²) in [4.78, 5) is 0. The van der Waals surface area contributed by atoms with Gasteiger partial charge in [-0.15, -0.1) is 0 Å². The van der Waals surface area contributed by atoms with Crippen LogP contribution in [0, 0.1) is 12.8 Å². The molecule has 0 amide bonds. The van der Waals surface area contributed by atoms with Crippen LogP contribution < -0.4 is 5.73 Å². The Labute approximate surface area is 71.4 Å². The van der Waals surface area contributed by atoms with Crippen LogP contribution in [0.5, 0.6) is 0 Å². The number of hydrogen-bond acceptors (Lipinski definition) is 1. The highest BCUT2D eigenvalue weighted by atomic mass is 14.6. The van der Waals surface area contributed by atoms with E-state index in [2.05, 4.69) is 20.8 Å². The fourth-order valence-corrected chi connectivity index (χ4v) is 1.41. The lowest BCUT2D eigenvalue weighted by Crippen LogP contribution is -2.19. The first kappa shape index (κ1) is 11.0. The van der Waals surface area contributed by atoms with Crippen molar-refractivity contribution in [3.8, 4) is 0 Å². The molecule has 2 atom stereocenters. The van der Waals surface area contributed by atoms with Gasteiger partial charge in [0.25, 0.3) is 0 Å². The summed E-state index contributed by atoms with van der Waals surface area (Å²) in [6.07, 6.45) is 6.31. The van der Waals surface area contributed by atoms with E-state index in [-0.39, 0.29) is 6.04 Å². The first-order chi connectivity index (χ1) is 5.20. The molecule has 0 aromatic carbocycles. The van der Waals surface area contributed by atoms with Crippen molar-refractivity contribution in [2.45, 2.75) is 52.0 Å². The summed E-state index contributed by atoms with van der Waals surface area (Å²) in [5.41, 5.74) is 5.63. The molecule has 0 rings (SSSR count). The highest BCUT2D eigenvalue weighted by Gasteiger charge is 2.07. The second-order valence-corrected chi connectivity index (χ2v) is 3.41. The number of unbranched alkanes of at least 4 members (excludes halogenated alkanes) is 1. The molecule has 0 aliphatic rings. The van der Waals surface area contributed by atoms with Crippen LogP contribution in [0.1, 0.15) is 46.0 Å². The minimum atomic E-state index is 0.136. The Morgan fingerprint density at radius 1 is 1.36 bits per heavy atom. The second kappa shape index (κ2) is 6.66. The van der Waals surface area contributed by atoms with E-state index in [4.69, 9.17) is 5.73 Å². The van der Waals surface area contributed by atoms with E-state index >= 15 is 0 Å². The van der Waals surface area contributed by atoms with Gasteiger partial charge in [0.2, 0.25) is 0 Å². The van der Waals surface area contributed by atoms with Crippen molar-refractivity contribution in [3.05, 3.63) is 6.92 Å². The van der Waals surface area contributed by atoms with Crippen LogP contribution in [0.3, 0.4) is 0 Å². The van der Waals surface area contributed by atoms with Crippen LogP contribution in [-0.2, 0) is 0 Å². The van der Waals surface area contributed by atoms with Crippen molar-refractivity contribution in [2.75, 3.05) is 0 Å². The minimum absolute atomic E-state index is 0.136. The Morgan fingerprint density at radius 3 is 2.36 bits per heavy atom. The van der Waals surface area contributed by atoms with Gasteiger partial charge in [-0.3, -0.25) is 0 Å². The third kappa shape index (κ3) is 6.36. The molecule has 1 nitrogen and oxygen atoms in total. The molecule has 0 spiro atoms. The van der Waals surface area contributed by atoms with Gasteiger partial charge in [0, 0.05) is 6.04 Å². The van der Waals surface area contributed by atoms with E-state index in [1.807, 2.05) is 0 Å². The van der Waals surface area contributed by atoms with Gasteiger partial charge in [0.15, 0.2) is 0 Å². The second-order valence-electron chi connectivity index (χ2n) is 3.41. The lowest BCUT2D eigenvalue weighted by molar-refractivity contribution is 0.404. The highest BCUT2D eigenvalue weighted by molar-refractivity contribution is 4.68. The lowest BCUT2D eigenvalue weighted by Gasteiger charge is -2.16. The van der Waals surface area contributed by atoms with Gasteiger partial charge in [-0.25, -0.2) is 0 Å². The Bertz CT molecular complexity index is 78.9. The predicted molar refractivity (Wildman–Crippen MR) is 51.3 cm³/mol. The van der Waals surface area contributed by atoms with Gasteiger partial charge in [0.05, 0.1) is 0 Å².